The molecule has 0 aliphatic carbocycles. The maximum Gasteiger partial charge on any atom is 0.407 e. The van der Waals surface area contributed by atoms with Crippen LogP contribution in [0.4, 0.5) is 10.5 Å². The van der Waals surface area contributed by atoms with Gasteiger partial charge in [0.2, 0.25) is 5.91 Å². The lowest BCUT2D eigenvalue weighted by Gasteiger charge is -2.22. The van der Waals surface area contributed by atoms with Crippen molar-refractivity contribution in [3.05, 3.63) is 81.3 Å². The van der Waals surface area contributed by atoms with Crippen LogP contribution < -0.4 is 16.1 Å². The van der Waals surface area contributed by atoms with Crippen LogP contribution in [-0.4, -0.2) is 38.6 Å². The zero-order valence-corrected chi connectivity index (χ0v) is 22.4. The summed E-state index contributed by atoms with van der Waals surface area (Å²) in [6.45, 7) is 4.02. The maximum atomic E-state index is 13.4. The molecule has 2 aromatic carbocycles. The lowest BCUT2D eigenvalue weighted by Crippen LogP contribution is -2.49. The van der Waals surface area contributed by atoms with Crippen LogP contribution >= 0.6 is 11.3 Å². The molecule has 2 amide bonds. The average Bonchev–Trinajstić information content (AvgIpc) is 3.28. The maximum absolute atomic E-state index is 13.4. The minimum absolute atomic E-state index is 0.286. The molecule has 37 heavy (non-hydrogen) atoms. The zero-order valence-electron chi connectivity index (χ0n) is 20.7. The summed E-state index contributed by atoms with van der Waals surface area (Å²) in [7, 11) is -1.78. The molecule has 0 aliphatic rings. The van der Waals surface area contributed by atoms with Gasteiger partial charge >= 0.3 is 6.09 Å². The van der Waals surface area contributed by atoms with Crippen molar-refractivity contribution in [2.24, 2.45) is 0 Å². The number of thiol groups is 1. The number of carbonyl (C=O) groups is 2. The second-order valence-corrected chi connectivity index (χ2v) is 10.0. The van der Waals surface area contributed by atoms with E-state index in [1.807, 2.05) is 44.2 Å². The van der Waals surface area contributed by atoms with Gasteiger partial charge in [-0.2, -0.15) is 4.28 Å². The third-order valence-electron chi connectivity index (χ3n) is 5.57. The van der Waals surface area contributed by atoms with Crippen LogP contribution in [0.1, 0.15) is 39.7 Å². The van der Waals surface area contributed by atoms with Crippen molar-refractivity contribution in [3.63, 3.8) is 0 Å². The molecule has 0 aliphatic heterocycles. The molecule has 1 aromatic heterocycles. The Hall–Kier alpha value is -3.48. The Bertz CT molecular complexity index is 1250. The highest BCUT2D eigenvalue weighted by Crippen LogP contribution is 2.27. The van der Waals surface area contributed by atoms with Gasteiger partial charge in [0.15, 0.2) is 0 Å². The normalized spacial score (nSPS) is 12.5. The lowest BCUT2D eigenvalue weighted by molar-refractivity contribution is -0.123. The largest absolute Gasteiger partial charge is 0.453 e. The fraction of sp³-hybridized carbons (Fsp3) is 0.320. The van der Waals surface area contributed by atoms with E-state index in [-0.39, 0.29) is 12.3 Å². The minimum Gasteiger partial charge on any atom is -0.453 e. The molecule has 0 fully saturated rings. The van der Waals surface area contributed by atoms with Crippen molar-refractivity contribution in [1.29, 1.82) is 0 Å². The predicted molar refractivity (Wildman–Crippen MR) is 142 cm³/mol. The number of carbonyl (C=O) groups excluding carboxylic acids is 2. The Morgan fingerprint density at radius 1 is 1.00 bits per heavy atom. The first-order valence-electron chi connectivity index (χ1n) is 11.6. The van der Waals surface area contributed by atoms with Crippen LogP contribution in [0.5, 0.6) is 0 Å². The van der Waals surface area contributed by atoms with Crippen molar-refractivity contribution in [1.82, 2.24) is 15.6 Å². The summed E-state index contributed by atoms with van der Waals surface area (Å²) in [5, 5.41) is 6.46. The molecule has 0 saturated heterocycles. The Labute approximate surface area is 221 Å². The van der Waals surface area contributed by atoms with Gasteiger partial charge in [-0.15, -0.1) is 11.3 Å². The van der Waals surface area contributed by atoms with Crippen LogP contribution in [0.15, 0.2) is 54.6 Å². The molecule has 0 bridgehead atoms. The van der Waals surface area contributed by atoms with Gasteiger partial charge in [-0.1, -0.05) is 49.4 Å². The molecule has 2 atom stereocenters. The van der Waals surface area contributed by atoms with E-state index in [2.05, 4.69) is 20.4 Å². The van der Waals surface area contributed by atoms with E-state index in [4.69, 9.17) is 9.72 Å². The smallest absolute Gasteiger partial charge is 0.407 e. The number of hydrogen-bond acceptors (Lipinski definition) is 9. The molecule has 0 unspecified atom stereocenters. The van der Waals surface area contributed by atoms with Gasteiger partial charge in [0.1, 0.15) is 11.0 Å². The van der Waals surface area contributed by atoms with Crippen molar-refractivity contribution < 1.29 is 27.0 Å². The molecular weight excluding hydrogens is 516 g/mol. The number of hydrogen-bond donors (Lipinski definition) is 4. The Kier molecular flexibility index (Phi) is 10.4. The van der Waals surface area contributed by atoms with E-state index in [1.165, 1.54) is 18.4 Å². The van der Waals surface area contributed by atoms with E-state index >= 15 is 0 Å². The van der Waals surface area contributed by atoms with Gasteiger partial charge in [0, 0.05) is 11.3 Å². The standard InChI is InChI=1S/C25H30N4O6S2/c1-4-20-16(2)36-24(27-20)22(15-18-10-12-19(13-11-18)29-35-37(32)33)26-23(30)21(28-25(31)34-3)14-17-8-6-5-7-9-17/h5-13,21-22,29,37H,4,14-15H2,1-3H3,(H,26,30)(H,28,31)/t21-,22-/m0/s1. The summed E-state index contributed by atoms with van der Waals surface area (Å²) in [6.07, 6.45) is 0.783. The molecule has 0 radical (unpaired) electrons. The Morgan fingerprint density at radius 2 is 1.68 bits per heavy atom. The molecule has 3 aromatic rings. The summed E-state index contributed by atoms with van der Waals surface area (Å²) < 4.78 is 30.4. The molecule has 1 heterocycles. The highest BCUT2D eigenvalue weighted by Gasteiger charge is 2.27. The number of ether oxygens (including phenoxy) is 1. The summed E-state index contributed by atoms with van der Waals surface area (Å²) in [4.78, 5) is 31.3. The highest BCUT2D eigenvalue weighted by atomic mass is 32.2. The SMILES string of the molecule is CCc1nc([C@H](Cc2ccc(NO[SH](=O)=O)cc2)NC(=O)[C@H](Cc2ccccc2)NC(=O)OC)sc1C. The summed E-state index contributed by atoms with van der Waals surface area (Å²) in [5.74, 6) is -0.365. The molecule has 3 N–H and O–H groups in total. The first-order chi connectivity index (χ1) is 17.8. The Balaban J connectivity index is 1.84. The van der Waals surface area contributed by atoms with Gasteiger partial charge < -0.3 is 15.4 Å². The van der Waals surface area contributed by atoms with Crippen LogP contribution in [0, 0.1) is 6.92 Å². The topological polar surface area (TPSA) is 136 Å². The zero-order chi connectivity index (χ0) is 26.8. The first kappa shape index (κ1) is 28.1. The van der Waals surface area contributed by atoms with Crippen LogP contribution in [-0.2, 0) is 44.1 Å². The number of methoxy groups -OCH3 is 1. The summed E-state index contributed by atoms with van der Waals surface area (Å²) >= 11 is 1.52. The summed E-state index contributed by atoms with van der Waals surface area (Å²) in [6, 6.07) is 15.0. The number of thiazole rings is 1. The van der Waals surface area contributed by atoms with Crippen molar-refractivity contribution in [2.75, 3.05) is 12.6 Å². The number of aryl methyl sites for hydroxylation is 2. The molecule has 0 spiro atoms. The van der Waals surface area contributed by atoms with Crippen molar-refractivity contribution in [3.8, 4) is 0 Å². The van der Waals surface area contributed by atoms with Crippen LogP contribution in [0.3, 0.4) is 0 Å². The monoisotopic (exact) mass is 546 g/mol. The van der Waals surface area contributed by atoms with Gasteiger partial charge in [-0.25, -0.2) is 23.7 Å². The highest BCUT2D eigenvalue weighted by molar-refractivity contribution is 7.67. The third kappa shape index (κ3) is 8.55. The van der Waals surface area contributed by atoms with Gasteiger partial charge in [0.05, 0.1) is 24.5 Å². The number of benzene rings is 2. The van der Waals surface area contributed by atoms with Gasteiger partial charge in [-0.3, -0.25) is 4.79 Å². The van der Waals surface area contributed by atoms with E-state index in [0.29, 0.717) is 12.1 Å². The first-order valence-corrected chi connectivity index (χ1v) is 13.5. The molecule has 0 saturated carbocycles. The van der Waals surface area contributed by atoms with Crippen molar-refractivity contribution >= 4 is 40.0 Å². The number of nitrogens with one attached hydrogen (secondary N) is 3. The average molecular weight is 547 g/mol. The number of nitrogens with zero attached hydrogens (tertiary/aromatic N) is 1. The fourth-order valence-electron chi connectivity index (χ4n) is 3.69. The van der Waals surface area contributed by atoms with E-state index < -0.39 is 29.2 Å². The molecule has 3 rings (SSSR count). The van der Waals surface area contributed by atoms with E-state index in [9.17, 15) is 18.0 Å². The molecule has 10 nitrogen and oxygen atoms in total. The third-order valence-corrected chi connectivity index (χ3v) is 6.93. The van der Waals surface area contributed by atoms with Crippen molar-refractivity contribution in [2.45, 2.75) is 45.2 Å². The Morgan fingerprint density at radius 3 is 2.27 bits per heavy atom. The second-order valence-electron chi connectivity index (χ2n) is 8.17. The van der Waals surface area contributed by atoms with E-state index in [0.717, 1.165) is 33.1 Å². The quantitative estimate of drug-likeness (QED) is 0.201. The van der Waals surface area contributed by atoms with Gasteiger partial charge in [-0.05, 0) is 43.0 Å². The van der Waals surface area contributed by atoms with Crippen LogP contribution in [0.25, 0.3) is 0 Å². The molecule has 198 valence electrons. The summed E-state index contributed by atoms with van der Waals surface area (Å²) in [5.41, 5.74) is 5.55. The van der Waals surface area contributed by atoms with Gasteiger partial charge in [0.25, 0.3) is 11.0 Å². The lowest BCUT2D eigenvalue weighted by atomic mass is 10.0. The van der Waals surface area contributed by atoms with Crippen LogP contribution in [0.2, 0.25) is 0 Å². The minimum atomic E-state index is -3.03. The number of amides is 2. The van der Waals surface area contributed by atoms with E-state index in [1.54, 1.807) is 24.3 Å². The number of rotatable bonds is 12. The molecule has 12 heteroatoms. The second kappa shape index (κ2) is 13.7. The predicted octanol–water partition coefficient (Wildman–Crippen LogP) is 3.25. The number of anilines is 1. The number of alkyl carbamates (subject to hydrolysis) is 1. The molecular formula is C25H30N4O6S2. The fourth-order valence-corrected chi connectivity index (χ4v) is 4.94. The number of aromatic nitrogens is 1.